The van der Waals surface area contributed by atoms with Crippen molar-refractivity contribution < 1.29 is 8.42 Å². The molecule has 2 aliphatic carbocycles. The molecule has 0 amide bonds. The molecule has 166 valence electrons. The first-order chi connectivity index (χ1) is 15.4. The van der Waals surface area contributed by atoms with Crippen LogP contribution in [-0.2, 0) is 16.6 Å². The van der Waals surface area contributed by atoms with Gasteiger partial charge in [-0.3, -0.25) is 0 Å². The van der Waals surface area contributed by atoms with Gasteiger partial charge in [-0.15, -0.1) is 6.58 Å². The molecule has 3 unspecified atom stereocenters. The number of aromatic nitrogens is 1. The molecule has 4 nitrogen and oxygen atoms in total. The van der Waals surface area contributed by atoms with Crippen molar-refractivity contribution in [2.24, 2.45) is 17.3 Å². The monoisotopic (exact) mass is 446 g/mol. The minimum atomic E-state index is -3.66. The summed E-state index contributed by atoms with van der Waals surface area (Å²) in [5.74, 6) is 1.31. The Morgan fingerprint density at radius 2 is 1.94 bits per heavy atom. The summed E-state index contributed by atoms with van der Waals surface area (Å²) in [6.07, 6.45) is 12.1. The van der Waals surface area contributed by atoms with E-state index in [0.29, 0.717) is 28.8 Å². The smallest absolute Gasteiger partial charge is 0.268 e. The van der Waals surface area contributed by atoms with E-state index in [-0.39, 0.29) is 5.41 Å². The van der Waals surface area contributed by atoms with Crippen molar-refractivity contribution in [3.63, 3.8) is 0 Å². The van der Waals surface area contributed by atoms with Crippen LogP contribution in [0, 0.1) is 24.2 Å². The number of para-hydroxylation sites is 1. The Bertz CT molecular complexity index is 1290. The zero-order valence-corrected chi connectivity index (χ0v) is 19.3. The van der Waals surface area contributed by atoms with Crippen molar-refractivity contribution in [2.75, 3.05) is 6.54 Å². The number of rotatable bonds is 8. The summed E-state index contributed by atoms with van der Waals surface area (Å²) < 4.78 is 28.2. The molecule has 2 aromatic carbocycles. The first-order valence-corrected chi connectivity index (χ1v) is 12.8. The Balaban J connectivity index is 1.43. The summed E-state index contributed by atoms with van der Waals surface area (Å²) in [4.78, 5) is 0.307. The highest BCUT2D eigenvalue weighted by atomic mass is 32.2. The molecule has 32 heavy (non-hydrogen) atoms. The molecular formula is C27H30N2O2S. The second-order valence-electron chi connectivity index (χ2n) is 9.44. The number of nitrogens with zero attached hydrogens (tertiary/aromatic N) is 1. The maximum atomic E-state index is 13.4. The molecule has 3 atom stereocenters. The van der Waals surface area contributed by atoms with E-state index >= 15 is 0 Å². The van der Waals surface area contributed by atoms with Gasteiger partial charge in [0.05, 0.1) is 10.4 Å². The topological polar surface area (TPSA) is 51.1 Å². The summed E-state index contributed by atoms with van der Waals surface area (Å²) in [6, 6.07) is 14.8. The van der Waals surface area contributed by atoms with E-state index in [0.717, 1.165) is 29.5 Å². The second-order valence-corrected chi connectivity index (χ2v) is 11.3. The minimum absolute atomic E-state index is 0.230. The van der Waals surface area contributed by atoms with Crippen LogP contribution < -0.4 is 5.32 Å². The molecular weight excluding hydrogens is 416 g/mol. The molecule has 1 aromatic heterocycles. The van der Waals surface area contributed by atoms with E-state index in [4.69, 9.17) is 0 Å². The highest BCUT2D eigenvalue weighted by Gasteiger charge is 2.46. The molecule has 0 aliphatic heterocycles. The molecule has 2 bridgehead atoms. The average molecular weight is 447 g/mol. The van der Waals surface area contributed by atoms with E-state index in [9.17, 15) is 8.42 Å². The van der Waals surface area contributed by atoms with Crippen LogP contribution in [-0.4, -0.2) is 18.9 Å². The fourth-order valence-electron chi connectivity index (χ4n) is 5.68. The van der Waals surface area contributed by atoms with Crippen LogP contribution in [0.25, 0.3) is 10.9 Å². The van der Waals surface area contributed by atoms with Gasteiger partial charge in [0.15, 0.2) is 0 Å². The van der Waals surface area contributed by atoms with E-state index in [1.165, 1.54) is 16.8 Å². The minimum Gasteiger partial charge on any atom is -0.312 e. The van der Waals surface area contributed by atoms with Crippen LogP contribution in [0.5, 0.6) is 0 Å². The van der Waals surface area contributed by atoms with E-state index in [2.05, 4.69) is 30.1 Å². The summed E-state index contributed by atoms with van der Waals surface area (Å²) in [7, 11) is -3.66. The molecule has 0 radical (unpaired) electrons. The number of nitrogens with one attached hydrogen (secondary N) is 1. The molecule has 0 saturated heterocycles. The second kappa shape index (κ2) is 8.05. The standard InChI is InChI=1S/C27H30N2O2S/c1-3-14-27(16-21-10-11-23(27)15-21)19-28-17-22-18-29(26-7-5-4-6-25(22)26)32(30,31)24-12-8-20(2)9-13-24/h3-13,18,21,23,28H,1,14-17,19H2,2H3. The van der Waals surface area contributed by atoms with Gasteiger partial charge in [0.1, 0.15) is 0 Å². The molecule has 1 heterocycles. The van der Waals surface area contributed by atoms with Crippen LogP contribution in [0.2, 0.25) is 0 Å². The number of allylic oxidation sites excluding steroid dienone is 3. The number of benzene rings is 2. The van der Waals surface area contributed by atoms with E-state index in [1.54, 1.807) is 18.3 Å². The number of fused-ring (bicyclic) bond motifs is 3. The summed E-state index contributed by atoms with van der Waals surface area (Å²) in [5, 5.41) is 4.64. The van der Waals surface area contributed by atoms with E-state index in [1.807, 2.05) is 43.3 Å². The molecule has 3 aromatic rings. The highest BCUT2D eigenvalue weighted by molar-refractivity contribution is 7.90. The Morgan fingerprint density at radius 1 is 1.16 bits per heavy atom. The third kappa shape index (κ3) is 3.54. The molecule has 2 aliphatic rings. The van der Waals surface area contributed by atoms with Gasteiger partial charge >= 0.3 is 0 Å². The molecule has 0 spiro atoms. The third-order valence-corrected chi connectivity index (χ3v) is 9.00. The maximum absolute atomic E-state index is 13.4. The predicted octanol–water partition coefficient (Wildman–Crippen LogP) is 5.43. The lowest BCUT2D eigenvalue weighted by molar-refractivity contribution is 0.220. The van der Waals surface area contributed by atoms with Gasteiger partial charge in [-0.1, -0.05) is 54.1 Å². The quantitative estimate of drug-likeness (QED) is 0.469. The number of hydrogen-bond acceptors (Lipinski definition) is 3. The van der Waals surface area contributed by atoms with Gasteiger partial charge in [-0.2, -0.15) is 0 Å². The van der Waals surface area contributed by atoms with Gasteiger partial charge in [-0.25, -0.2) is 12.4 Å². The van der Waals surface area contributed by atoms with Crippen molar-refractivity contribution in [1.29, 1.82) is 0 Å². The van der Waals surface area contributed by atoms with Crippen molar-refractivity contribution in [3.8, 4) is 0 Å². The van der Waals surface area contributed by atoms with Crippen molar-refractivity contribution in [3.05, 3.63) is 90.7 Å². The van der Waals surface area contributed by atoms with Crippen molar-refractivity contribution in [2.45, 2.75) is 37.6 Å². The number of aryl methyl sites for hydroxylation is 1. The molecule has 1 N–H and O–H groups in total. The lowest BCUT2D eigenvalue weighted by Gasteiger charge is -2.35. The number of hydrogen-bond donors (Lipinski definition) is 1. The largest absolute Gasteiger partial charge is 0.312 e. The molecule has 1 saturated carbocycles. The van der Waals surface area contributed by atoms with Crippen LogP contribution >= 0.6 is 0 Å². The molecule has 5 heteroatoms. The van der Waals surface area contributed by atoms with Crippen molar-refractivity contribution in [1.82, 2.24) is 9.29 Å². The normalized spacial score (nSPS) is 24.4. The lowest BCUT2D eigenvalue weighted by Crippen LogP contribution is -2.37. The summed E-state index contributed by atoms with van der Waals surface area (Å²) in [5.41, 5.74) is 2.99. The predicted molar refractivity (Wildman–Crippen MR) is 130 cm³/mol. The fraction of sp³-hybridized carbons (Fsp3) is 0.333. The molecule has 5 rings (SSSR count). The highest BCUT2D eigenvalue weighted by Crippen LogP contribution is 2.53. The zero-order chi connectivity index (χ0) is 22.3. The van der Waals surface area contributed by atoms with Crippen LogP contribution in [0.1, 0.15) is 30.4 Å². The first-order valence-electron chi connectivity index (χ1n) is 11.3. The first kappa shape index (κ1) is 21.2. The molecule has 1 fully saturated rings. The van der Waals surface area contributed by atoms with Gasteiger partial charge < -0.3 is 5.32 Å². The summed E-state index contributed by atoms with van der Waals surface area (Å²) >= 11 is 0. The maximum Gasteiger partial charge on any atom is 0.268 e. The van der Waals surface area contributed by atoms with Gasteiger partial charge in [0, 0.05) is 24.7 Å². The van der Waals surface area contributed by atoms with Crippen LogP contribution in [0.15, 0.2) is 84.4 Å². The Morgan fingerprint density at radius 3 is 2.62 bits per heavy atom. The lowest BCUT2D eigenvalue weighted by atomic mass is 9.73. The van der Waals surface area contributed by atoms with Gasteiger partial charge in [0.25, 0.3) is 10.0 Å². The third-order valence-electron chi connectivity index (χ3n) is 7.31. The van der Waals surface area contributed by atoms with Crippen molar-refractivity contribution >= 4 is 20.9 Å². The summed E-state index contributed by atoms with van der Waals surface area (Å²) in [6.45, 7) is 7.50. The van der Waals surface area contributed by atoms with Crippen LogP contribution in [0.3, 0.4) is 0 Å². The Labute approximate surface area is 190 Å². The SMILES string of the molecule is C=CCC1(CNCc2cn(S(=O)(=O)c3ccc(C)cc3)c3ccccc23)CC2C=CC1C2. The Hall–Kier alpha value is -2.63. The Kier molecular flexibility index (Phi) is 5.34. The zero-order valence-electron chi connectivity index (χ0n) is 18.5. The fourth-order valence-corrected chi connectivity index (χ4v) is 7.07. The van der Waals surface area contributed by atoms with E-state index < -0.39 is 10.0 Å². The average Bonchev–Trinajstić information content (AvgIpc) is 3.48. The van der Waals surface area contributed by atoms with Gasteiger partial charge in [-0.05, 0) is 67.2 Å². The van der Waals surface area contributed by atoms with Gasteiger partial charge in [0.2, 0.25) is 0 Å². The van der Waals surface area contributed by atoms with Crippen LogP contribution in [0.4, 0.5) is 0 Å².